The van der Waals surface area contributed by atoms with Crippen molar-refractivity contribution in [1.29, 1.82) is 0 Å². The predicted octanol–water partition coefficient (Wildman–Crippen LogP) is 3.17. The summed E-state index contributed by atoms with van der Waals surface area (Å²) in [6.45, 7) is 3.95. The minimum Gasteiger partial charge on any atom is -0.380 e. The molecule has 0 aliphatic heterocycles. The van der Waals surface area contributed by atoms with E-state index in [2.05, 4.69) is 22.3 Å². The Morgan fingerprint density at radius 3 is 3.00 bits per heavy atom. The van der Waals surface area contributed by atoms with Gasteiger partial charge in [-0.2, -0.15) is 0 Å². The molecule has 0 unspecified atom stereocenters. The lowest BCUT2D eigenvalue weighted by Gasteiger charge is -2.16. The van der Waals surface area contributed by atoms with Crippen molar-refractivity contribution in [2.75, 3.05) is 33.4 Å². The average Bonchev–Trinajstić information content (AvgIpc) is 3.12. The number of nitrogens with zero attached hydrogens (tertiary/aromatic N) is 2. The van der Waals surface area contributed by atoms with Gasteiger partial charge in [-0.1, -0.05) is 0 Å². The third-order valence-corrected chi connectivity index (χ3v) is 4.57. The number of rotatable bonds is 10. The van der Waals surface area contributed by atoms with E-state index in [1.807, 2.05) is 0 Å². The highest BCUT2D eigenvalue weighted by Crippen LogP contribution is 2.28. The Kier molecular flexibility index (Phi) is 6.57. The fourth-order valence-electron chi connectivity index (χ4n) is 1.89. The number of hydrogen-bond acceptors (Lipinski definition) is 4. The Hall–Kier alpha value is -0.160. The van der Waals surface area contributed by atoms with E-state index in [9.17, 15) is 0 Å². The largest absolute Gasteiger partial charge is 0.380 e. The van der Waals surface area contributed by atoms with Crippen LogP contribution in [0.2, 0.25) is 0 Å². The standard InChI is InChI=1S/C14H23ClN2OS/c1-17(7-8-18-10-12-4-5-12)6-2-3-14-16-13(9-15)11-19-14/h11-12H,2-10H2,1H3. The van der Waals surface area contributed by atoms with Gasteiger partial charge in [-0.3, -0.25) is 0 Å². The maximum Gasteiger partial charge on any atom is 0.0929 e. The number of hydrogen-bond donors (Lipinski definition) is 0. The lowest BCUT2D eigenvalue weighted by molar-refractivity contribution is 0.103. The van der Waals surface area contributed by atoms with Crippen LogP contribution in [0.4, 0.5) is 0 Å². The van der Waals surface area contributed by atoms with Crippen molar-refractivity contribution < 1.29 is 4.74 Å². The second-order valence-electron chi connectivity index (χ2n) is 5.29. The summed E-state index contributed by atoms with van der Waals surface area (Å²) in [6, 6.07) is 0. The quantitative estimate of drug-likeness (QED) is 0.490. The van der Waals surface area contributed by atoms with Crippen molar-refractivity contribution in [1.82, 2.24) is 9.88 Å². The molecule has 0 spiro atoms. The van der Waals surface area contributed by atoms with Crippen LogP contribution in [0.5, 0.6) is 0 Å². The van der Waals surface area contributed by atoms with Crippen molar-refractivity contribution in [3.63, 3.8) is 0 Å². The number of likely N-dealkylation sites (N-methyl/N-ethyl adjacent to an activating group) is 1. The molecule has 0 atom stereocenters. The molecule has 0 aromatic carbocycles. The molecular weight excluding hydrogens is 280 g/mol. The summed E-state index contributed by atoms with van der Waals surface area (Å²) in [4.78, 5) is 6.81. The van der Waals surface area contributed by atoms with Crippen LogP contribution in [-0.4, -0.2) is 43.2 Å². The molecule has 1 aromatic heterocycles. The van der Waals surface area contributed by atoms with Crippen molar-refractivity contribution in [2.24, 2.45) is 5.92 Å². The molecule has 1 aromatic rings. The summed E-state index contributed by atoms with van der Waals surface area (Å²) in [5, 5.41) is 3.26. The van der Waals surface area contributed by atoms with Gasteiger partial charge in [0.2, 0.25) is 0 Å². The van der Waals surface area contributed by atoms with Gasteiger partial charge in [0.25, 0.3) is 0 Å². The molecule has 0 saturated heterocycles. The lowest BCUT2D eigenvalue weighted by Crippen LogP contribution is -2.25. The first-order chi connectivity index (χ1) is 9.28. The van der Waals surface area contributed by atoms with Crippen molar-refractivity contribution in [3.05, 3.63) is 16.1 Å². The molecular formula is C14H23ClN2OS. The minimum absolute atomic E-state index is 0.523. The summed E-state index contributed by atoms with van der Waals surface area (Å²) in [7, 11) is 2.16. The second kappa shape index (κ2) is 8.20. The Labute approximate surface area is 124 Å². The number of halogens is 1. The molecule has 19 heavy (non-hydrogen) atoms. The topological polar surface area (TPSA) is 25.4 Å². The van der Waals surface area contributed by atoms with E-state index < -0.39 is 0 Å². The fraction of sp³-hybridized carbons (Fsp3) is 0.786. The first-order valence-corrected chi connectivity index (χ1v) is 8.45. The van der Waals surface area contributed by atoms with Crippen LogP contribution in [0.3, 0.4) is 0 Å². The van der Waals surface area contributed by atoms with Crippen LogP contribution in [0.25, 0.3) is 0 Å². The smallest absolute Gasteiger partial charge is 0.0929 e. The zero-order valence-corrected chi connectivity index (χ0v) is 13.2. The van der Waals surface area contributed by atoms with Crippen molar-refractivity contribution in [2.45, 2.75) is 31.6 Å². The number of aromatic nitrogens is 1. The average molecular weight is 303 g/mol. The first-order valence-electron chi connectivity index (χ1n) is 7.03. The van der Waals surface area contributed by atoms with Gasteiger partial charge in [-0.05, 0) is 38.8 Å². The molecule has 1 fully saturated rings. The van der Waals surface area contributed by atoms with E-state index in [1.165, 1.54) is 17.8 Å². The summed E-state index contributed by atoms with van der Waals surface area (Å²) in [5.41, 5.74) is 1.00. The molecule has 0 radical (unpaired) electrons. The van der Waals surface area contributed by atoms with Gasteiger partial charge >= 0.3 is 0 Å². The molecule has 5 heteroatoms. The van der Waals surface area contributed by atoms with Gasteiger partial charge in [0.15, 0.2) is 0 Å². The highest BCUT2D eigenvalue weighted by molar-refractivity contribution is 7.09. The van der Waals surface area contributed by atoms with E-state index in [4.69, 9.17) is 16.3 Å². The van der Waals surface area contributed by atoms with Crippen molar-refractivity contribution >= 4 is 22.9 Å². The second-order valence-corrected chi connectivity index (χ2v) is 6.50. The van der Waals surface area contributed by atoms with Gasteiger partial charge in [0.1, 0.15) is 0 Å². The number of thiazole rings is 1. The molecule has 1 saturated carbocycles. The predicted molar refractivity (Wildman–Crippen MR) is 81.0 cm³/mol. The van der Waals surface area contributed by atoms with Gasteiger partial charge < -0.3 is 9.64 Å². The maximum absolute atomic E-state index is 5.74. The van der Waals surface area contributed by atoms with Gasteiger partial charge in [0, 0.05) is 25.0 Å². The molecule has 1 aliphatic rings. The van der Waals surface area contributed by atoms with E-state index in [1.54, 1.807) is 11.3 Å². The Morgan fingerprint density at radius 2 is 2.32 bits per heavy atom. The molecule has 1 aliphatic carbocycles. The zero-order chi connectivity index (χ0) is 13.5. The van der Waals surface area contributed by atoms with Crippen LogP contribution in [-0.2, 0) is 17.0 Å². The number of alkyl halides is 1. The fourth-order valence-corrected chi connectivity index (χ4v) is 2.96. The molecule has 0 amide bonds. The molecule has 3 nitrogen and oxygen atoms in total. The summed E-state index contributed by atoms with van der Waals surface area (Å²) in [6.07, 6.45) is 4.94. The Balaban J connectivity index is 1.49. The molecule has 0 bridgehead atoms. The first kappa shape index (κ1) is 15.2. The summed E-state index contributed by atoms with van der Waals surface area (Å²) >= 11 is 7.46. The molecule has 108 valence electrons. The monoisotopic (exact) mass is 302 g/mol. The maximum atomic E-state index is 5.74. The van der Waals surface area contributed by atoms with E-state index in [-0.39, 0.29) is 0 Å². The Bertz CT molecular complexity index is 368. The lowest BCUT2D eigenvalue weighted by atomic mass is 10.3. The minimum atomic E-state index is 0.523. The zero-order valence-electron chi connectivity index (χ0n) is 11.6. The summed E-state index contributed by atoms with van der Waals surface area (Å²) in [5.74, 6) is 1.39. The van der Waals surface area contributed by atoms with Crippen LogP contribution in [0.1, 0.15) is 30.0 Å². The van der Waals surface area contributed by atoms with Gasteiger partial charge in [-0.25, -0.2) is 4.98 Å². The van der Waals surface area contributed by atoms with Gasteiger partial charge in [0.05, 0.1) is 23.2 Å². The normalized spacial score (nSPS) is 15.3. The Morgan fingerprint density at radius 1 is 1.47 bits per heavy atom. The number of aryl methyl sites for hydroxylation is 1. The van der Waals surface area contributed by atoms with Crippen molar-refractivity contribution in [3.8, 4) is 0 Å². The van der Waals surface area contributed by atoms with Crippen LogP contribution in [0.15, 0.2) is 5.38 Å². The highest BCUT2D eigenvalue weighted by Gasteiger charge is 2.20. The highest BCUT2D eigenvalue weighted by atomic mass is 35.5. The van der Waals surface area contributed by atoms with E-state index in [0.29, 0.717) is 5.88 Å². The third-order valence-electron chi connectivity index (χ3n) is 3.33. The number of ether oxygens (including phenoxy) is 1. The van der Waals surface area contributed by atoms with Gasteiger partial charge in [-0.15, -0.1) is 22.9 Å². The van der Waals surface area contributed by atoms with E-state index in [0.717, 1.165) is 50.8 Å². The van der Waals surface area contributed by atoms with Crippen LogP contribution in [0, 0.1) is 5.92 Å². The SMILES string of the molecule is CN(CCCc1nc(CCl)cs1)CCOCC1CC1. The molecule has 0 N–H and O–H groups in total. The summed E-state index contributed by atoms with van der Waals surface area (Å²) < 4.78 is 5.64. The van der Waals surface area contributed by atoms with Crippen LogP contribution >= 0.6 is 22.9 Å². The molecule has 1 heterocycles. The third kappa shape index (κ3) is 6.21. The van der Waals surface area contributed by atoms with E-state index >= 15 is 0 Å². The van der Waals surface area contributed by atoms with Crippen LogP contribution < -0.4 is 0 Å². The molecule has 2 rings (SSSR count).